The topological polar surface area (TPSA) is 41.0 Å². The van der Waals surface area contributed by atoms with Gasteiger partial charge in [-0.05, 0) is 37.6 Å². The van der Waals surface area contributed by atoms with Crippen LogP contribution in [0.2, 0.25) is 0 Å². The average molecular weight is 249 g/mol. The fraction of sp³-hybridized carbons (Fsp3) is 0.462. The number of benzene rings is 1. The maximum absolute atomic E-state index is 13.2. The summed E-state index contributed by atoms with van der Waals surface area (Å²) in [6, 6.07) is 4.45. The zero-order valence-corrected chi connectivity index (χ0v) is 10.3. The lowest BCUT2D eigenvalue weighted by Gasteiger charge is -2.23. The first-order valence-corrected chi connectivity index (χ1v) is 6.34. The zero-order chi connectivity index (χ0) is 12.7. The molecule has 2 aromatic rings. The smallest absolute Gasteiger partial charge is 0.305 e. The van der Waals surface area contributed by atoms with Crippen LogP contribution < -0.4 is 5.69 Å². The fourth-order valence-corrected chi connectivity index (χ4v) is 2.87. The van der Waals surface area contributed by atoms with Crippen LogP contribution in [0.5, 0.6) is 0 Å². The second-order valence-electron chi connectivity index (χ2n) is 4.71. The van der Waals surface area contributed by atoms with Gasteiger partial charge in [-0.2, -0.15) is 0 Å². The van der Waals surface area contributed by atoms with Crippen molar-refractivity contribution in [2.45, 2.75) is 25.9 Å². The van der Waals surface area contributed by atoms with Crippen LogP contribution in [0.4, 0.5) is 4.39 Å². The van der Waals surface area contributed by atoms with Crippen molar-refractivity contribution in [2.75, 3.05) is 13.1 Å². The van der Waals surface area contributed by atoms with Gasteiger partial charge < -0.3 is 4.98 Å². The molecule has 4 nitrogen and oxygen atoms in total. The molecule has 1 aliphatic heterocycles. The molecule has 3 rings (SSSR count). The summed E-state index contributed by atoms with van der Waals surface area (Å²) >= 11 is 0. The van der Waals surface area contributed by atoms with E-state index in [9.17, 15) is 9.18 Å². The molecule has 1 aromatic heterocycles. The van der Waals surface area contributed by atoms with Gasteiger partial charge in [-0.3, -0.25) is 9.47 Å². The van der Waals surface area contributed by atoms with Crippen LogP contribution in [-0.2, 0) is 0 Å². The summed E-state index contributed by atoms with van der Waals surface area (Å²) in [4.78, 5) is 17.1. The van der Waals surface area contributed by atoms with Gasteiger partial charge in [0.05, 0.1) is 17.2 Å². The lowest BCUT2D eigenvalue weighted by Crippen LogP contribution is -2.32. The molecule has 1 saturated heterocycles. The number of nitrogens with zero attached hydrogens (tertiary/aromatic N) is 2. The molecule has 96 valence electrons. The number of H-pyrrole nitrogens is 1. The maximum atomic E-state index is 13.2. The number of halogens is 1. The molecule has 0 bridgehead atoms. The van der Waals surface area contributed by atoms with Crippen LogP contribution >= 0.6 is 0 Å². The lowest BCUT2D eigenvalue weighted by molar-refractivity contribution is 0.204. The zero-order valence-electron chi connectivity index (χ0n) is 10.3. The van der Waals surface area contributed by atoms with E-state index in [2.05, 4.69) is 16.8 Å². The molecule has 0 aliphatic carbocycles. The van der Waals surface area contributed by atoms with Crippen LogP contribution in [-0.4, -0.2) is 27.5 Å². The number of likely N-dealkylation sites (tertiary alicyclic amines) is 1. The molecule has 0 spiro atoms. The Morgan fingerprint density at radius 3 is 3.11 bits per heavy atom. The Morgan fingerprint density at radius 2 is 2.33 bits per heavy atom. The molecular formula is C13H16FN3O. The van der Waals surface area contributed by atoms with Gasteiger partial charge in [0.1, 0.15) is 5.82 Å². The monoisotopic (exact) mass is 249 g/mol. The van der Waals surface area contributed by atoms with Crippen LogP contribution in [0.3, 0.4) is 0 Å². The Hall–Kier alpha value is -1.62. The van der Waals surface area contributed by atoms with E-state index in [0.29, 0.717) is 5.52 Å². The van der Waals surface area contributed by atoms with Gasteiger partial charge in [-0.1, -0.05) is 6.92 Å². The number of aromatic nitrogens is 2. The molecule has 5 heteroatoms. The fourth-order valence-electron chi connectivity index (χ4n) is 2.87. The quantitative estimate of drug-likeness (QED) is 0.885. The molecular weight excluding hydrogens is 233 g/mol. The van der Waals surface area contributed by atoms with Crippen molar-refractivity contribution in [2.24, 2.45) is 0 Å². The van der Waals surface area contributed by atoms with Crippen molar-refractivity contribution in [1.82, 2.24) is 14.5 Å². The van der Waals surface area contributed by atoms with Gasteiger partial charge in [0.25, 0.3) is 0 Å². The number of hydrogen-bond donors (Lipinski definition) is 1. The standard InChI is InChI=1S/C13H16FN3O/c1-2-16-7-3-4-12(16)17-11-6-5-9(14)8-10(11)15-13(17)18/h5-6,8,12H,2-4,7H2,1H3,(H,15,18). The van der Waals surface area contributed by atoms with Gasteiger partial charge in [0, 0.05) is 6.54 Å². The van der Waals surface area contributed by atoms with Crippen LogP contribution in [0, 0.1) is 5.82 Å². The minimum Gasteiger partial charge on any atom is -0.305 e. The average Bonchev–Trinajstić information content (AvgIpc) is 2.90. The largest absolute Gasteiger partial charge is 0.327 e. The SMILES string of the molecule is CCN1CCCC1n1c(=O)[nH]c2cc(F)ccc21. The van der Waals surface area contributed by atoms with Crippen LogP contribution in [0.25, 0.3) is 11.0 Å². The minimum atomic E-state index is -0.324. The minimum absolute atomic E-state index is 0.0988. The van der Waals surface area contributed by atoms with Crippen molar-refractivity contribution in [3.05, 3.63) is 34.5 Å². The number of imidazole rings is 1. The molecule has 18 heavy (non-hydrogen) atoms. The molecule has 1 aliphatic rings. The summed E-state index contributed by atoms with van der Waals surface area (Å²) in [7, 11) is 0. The first-order chi connectivity index (χ1) is 8.70. The highest BCUT2D eigenvalue weighted by atomic mass is 19.1. The maximum Gasteiger partial charge on any atom is 0.327 e. The summed E-state index contributed by atoms with van der Waals surface area (Å²) < 4.78 is 14.9. The predicted octanol–water partition coefficient (Wildman–Crippen LogP) is 2.08. The van der Waals surface area contributed by atoms with Crippen molar-refractivity contribution < 1.29 is 4.39 Å². The van der Waals surface area contributed by atoms with E-state index in [-0.39, 0.29) is 17.7 Å². The highest BCUT2D eigenvalue weighted by molar-refractivity contribution is 5.75. The molecule has 0 saturated carbocycles. The van der Waals surface area contributed by atoms with Crippen molar-refractivity contribution in [3.63, 3.8) is 0 Å². The summed E-state index contributed by atoms with van der Waals surface area (Å²) in [6.07, 6.45) is 2.17. The summed E-state index contributed by atoms with van der Waals surface area (Å²) in [5.74, 6) is -0.324. The lowest BCUT2D eigenvalue weighted by atomic mass is 10.3. The Morgan fingerprint density at radius 1 is 1.50 bits per heavy atom. The number of nitrogens with one attached hydrogen (secondary N) is 1. The molecule has 1 atom stereocenters. The normalized spacial score (nSPS) is 20.9. The van der Waals surface area contributed by atoms with Gasteiger partial charge in [-0.25, -0.2) is 9.18 Å². The van der Waals surface area contributed by atoms with Gasteiger partial charge in [0.2, 0.25) is 0 Å². The van der Waals surface area contributed by atoms with Crippen molar-refractivity contribution >= 4 is 11.0 Å². The third kappa shape index (κ3) is 1.66. The number of aromatic amines is 1. The van der Waals surface area contributed by atoms with E-state index < -0.39 is 0 Å². The molecule has 0 radical (unpaired) electrons. The first kappa shape index (κ1) is 11.5. The molecule has 2 heterocycles. The van der Waals surface area contributed by atoms with Crippen LogP contribution in [0.15, 0.2) is 23.0 Å². The third-order valence-electron chi connectivity index (χ3n) is 3.71. The molecule has 1 aromatic carbocycles. The molecule has 1 fully saturated rings. The summed E-state index contributed by atoms with van der Waals surface area (Å²) in [5, 5.41) is 0. The van der Waals surface area contributed by atoms with Gasteiger partial charge in [-0.15, -0.1) is 0 Å². The third-order valence-corrected chi connectivity index (χ3v) is 3.71. The Labute approximate surface area is 104 Å². The highest BCUT2D eigenvalue weighted by Gasteiger charge is 2.27. The second kappa shape index (κ2) is 4.24. The van der Waals surface area contributed by atoms with Crippen molar-refractivity contribution in [3.8, 4) is 0 Å². The number of rotatable bonds is 2. The molecule has 1 N–H and O–H groups in total. The summed E-state index contributed by atoms with van der Waals surface area (Å²) in [6.45, 7) is 4.03. The van der Waals surface area contributed by atoms with E-state index in [1.54, 1.807) is 10.6 Å². The number of hydrogen-bond acceptors (Lipinski definition) is 2. The van der Waals surface area contributed by atoms with Gasteiger partial charge in [0.15, 0.2) is 0 Å². The molecule has 0 amide bonds. The van der Waals surface area contributed by atoms with E-state index in [0.717, 1.165) is 31.4 Å². The van der Waals surface area contributed by atoms with Crippen LogP contribution in [0.1, 0.15) is 25.9 Å². The van der Waals surface area contributed by atoms with Crippen molar-refractivity contribution in [1.29, 1.82) is 0 Å². The van der Waals surface area contributed by atoms with E-state index >= 15 is 0 Å². The number of fused-ring (bicyclic) bond motifs is 1. The second-order valence-corrected chi connectivity index (χ2v) is 4.71. The molecule has 1 unspecified atom stereocenters. The highest BCUT2D eigenvalue weighted by Crippen LogP contribution is 2.28. The van der Waals surface area contributed by atoms with E-state index in [1.165, 1.54) is 12.1 Å². The Balaban J connectivity index is 2.16. The first-order valence-electron chi connectivity index (χ1n) is 6.34. The predicted molar refractivity (Wildman–Crippen MR) is 68.0 cm³/mol. The Kier molecular flexibility index (Phi) is 2.70. The Bertz CT molecular complexity index is 631. The summed E-state index contributed by atoms with van der Waals surface area (Å²) in [5.41, 5.74) is 1.20. The van der Waals surface area contributed by atoms with E-state index in [4.69, 9.17) is 0 Å². The van der Waals surface area contributed by atoms with Gasteiger partial charge >= 0.3 is 5.69 Å². The van der Waals surface area contributed by atoms with E-state index in [1.807, 2.05) is 0 Å².